The summed E-state index contributed by atoms with van der Waals surface area (Å²) in [4.78, 5) is 11.9. The number of carbonyl (C=O) groups excluding carboxylic acids is 1. The number of hydrogen-bond donors (Lipinski definition) is 2. The Morgan fingerprint density at radius 1 is 1.04 bits per heavy atom. The summed E-state index contributed by atoms with van der Waals surface area (Å²) < 4.78 is 39.1. The average Bonchev–Trinajstić information content (AvgIpc) is 3.01. The maximum absolute atomic E-state index is 12.8. The van der Waals surface area contributed by atoms with Crippen LogP contribution >= 0.6 is 0 Å². The molecule has 2 aromatic carbocycles. The van der Waals surface area contributed by atoms with Gasteiger partial charge in [0.25, 0.3) is 0 Å². The van der Waals surface area contributed by atoms with Crippen LogP contribution in [0.4, 0.5) is 10.1 Å². The van der Waals surface area contributed by atoms with Crippen LogP contribution in [0.5, 0.6) is 0 Å². The zero-order valence-electron chi connectivity index (χ0n) is 12.9. The molecule has 24 heavy (non-hydrogen) atoms. The van der Waals surface area contributed by atoms with Gasteiger partial charge in [-0.25, -0.2) is 17.5 Å². The van der Waals surface area contributed by atoms with Gasteiger partial charge in [-0.1, -0.05) is 6.07 Å². The Morgan fingerprint density at radius 3 is 2.50 bits per heavy atom. The number of benzene rings is 2. The molecule has 0 radical (unpaired) electrons. The third-order valence-electron chi connectivity index (χ3n) is 3.93. The van der Waals surface area contributed by atoms with Crippen LogP contribution in [0, 0.1) is 5.82 Å². The lowest BCUT2D eigenvalue weighted by atomic mass is 10.1. The molecule has 2 aromatic rings. The number of carbonyl (C=O) groups is 1. The average molecular weight is 348 g/mol. The van der Waals surface area contributed by atoms with Crippen molar-refractivity contribution >= 4 is 21.6 Å². The zero-order valence-corrected chi connectivity index (χ0v) is 13.7. The van der Waals surface area contributed by atoms with Crippen molar-refractivity contribution in [1.29, 1.82) is 0 Å². The summed E-state index contributed by atoms with van der Waals surface area (Å²) >= 11 is 0. The maximum atomic E-state index is 12.8. The lowest BCUT2D eigenvalue weighted by Gasteiger charge is -2.09. The Hall–Kier alpha value is -2.25. The lowest BCUT2D eigenvalue weighted by Crippen LogP contribution is -2.32. The highest BCUT2D eigenvalue weighted by Gasteiger charge is 2.16. The number of sulfonamides is 1. The first-order valence-electron chi connectivity index (χ1n) is 7.61. The van der Waals surface area contributed by atoms with Gasteiger partial charge < -0.3 is 5.32 Å². The van der Waals surface area contributed by atoms with Crippen LogP contribution in [-0.2, 0) is 27.7 Å². The predicted molar refractivity (Wildman–Crippen MR) is 88.7 cm³/mol. The summed E-state index contributed by atoms with van der Waals surface area (Å²) in [6.45, 7) is -0.392. The molecule has 1 aliphatic rings. The molecule has 0 atom stereocenters. The van der Waals surface area contributed by atoms with E-state index in [0.717, 1.165) is 43.5 Å². The monoisotopic (exact) mass is 348 g/mol. The molecule has 7 heteroatoms. The molecular weight excluding hydrogens is 331 g/mol. The second-order valence-electron chi connectivity index (χ2n) is 5.66. The lowest BCUT2D eigenvalue weighted by molar-refractivity contribution is -0.115. The smallest absolute Gasteiger partial charge is 0.241 e. The van der Waals surface area contributed by atoms with Gasteiger partial charge in [0.2, 0.25) is 15.9 Å². The quantitative estimate of drug-likeness (QED) is 0.870. The van der Waals surface area contributed by atoms with Crippen LogP contribution in [-0.4, -0.2) is 20.9 Å². The fourth-order valence-electron chi connectivity index (χ4n) is 2.71. The number of aryl methyl sites for hydroxylation is 2. The highest BCUT2D eigenvalue weighted by molar-refractivity contribution is 7.89. The van der Waals surface area contributed by atoms with E-state index in [4.69, 9.17) is 0 Å². The SMILES string of the molecule is O=C(CNS(=O)(=O)c1ccc(F)cc1)Nc1ccc2c(c1)CCC2. The van der Waals surface area contributed by atoms with Crippen molar-refractivity contribution in [3.63, 3.8) is 0 Å². The Bertz CT molecular complexity index is 864. The van der Waals surface area contributed by atoms with Gasteiger partial charge in [-0.15, -0.1) is 0 Å². The van der Waals surface area contributed by atoms with Crippen molar-refractivity contribution < 1.29 is 17.6 Å². The van der Waals surface area contributed by atoms with Gasteiger partial charge in [-0.05, 0) is 66.8 Å². The standard InChI is InChI=1S/C17H17FN2O3S/c18-14-5-8-16(9-6-14)24(22,23)19-11-17(21)20-15-7-4-12-2-1-3-13(12)10-15/h4-10,19H,1-3,11H2,(H,20,21). The van der Waals surface area contributed by atoms with Crippen molar-refractivity contribution in [3.8, 4) is 0 Å². The van der Waals surface area contributed by atoms with Crippen LogP contribution in [0.2, 0.25) is 0 Å². The van der Waals surface area contributed by atoms with E-state index in [9.17, 15) is 17.6 Å². The van der Waals surface area contributed by atoms with Crippen LogP contribution in [0.3, 0.4) is 0 Å². The molecule has 0 saturated carbocycles. The summed E-state index contributed by atoms with van der Waals surface area (Å²) in [5.74, 6) is -0.984. The van der Waals surface area contributed by atoms with Gasteiger partial charge in [0, 0.05) is 5.69 Å². The number of amides is 1. The molecular formula is C17H17FN2O3S. The molecule has 0 aliphatic heterocycles. The number of hydrogen-bond acceptors (Lipinski definition) is 3. The molecule has 5 nitrogen and oxygen atoms in total. The van der Waals surface area contributed by atoms with Gasteiger partial charge in [-0.2, -0.15) is 0 Å². The number of anilines is 1. The second-order valence-corrected chi connectivity index (χ2v) is 7.43. The van der Waals surface area contributed by atoms with E-state index in [1.54, 1.807) is 0 Å². The largest absolute Gasteiger partial charge is 0.325 e. The first kappa shape index (κ1) is 16.6. The third-order valence-corrected chi connectivity index (χ3v) is 5.35. The summed E-state index contributed by atoms with van der Waals surface area (Å²) in [5, 5.41) is 2.68. The molecule has 0 bridgehead atoms. The van der Waals surface area contributed by atoms with E-state index in [1.807, 2.05) is 18.2 Å². The molecule has 0 unspecified atom stereocenters. The minimum Gasteiger partial charge on any atom is -0.325 e. The fourth-order valence-corrected chi connectivity index (χ4v) is 3.69. The van der Waals surface area contributed by atoms with E-state index in [1.165, 1.54) is 11.1 Å². The first-order valence-corrected chi connectivity index (χ1v) is 9.09. The van der Waals surface area contributed by atoms with Gasteiger partial charge in [0.1, 0.15) is 5.82 Å². The van der Waals surface area contributed by atoms with Crippen LogP contribution < -0.4 is 10.0 Å². The van der Waals surface area contributed by atoms with Crippen molar-refractivity contribution in [1.82, 2.24) is 4.72 Å². The van der Waals surface area contributed by atoms with Gasteiger partial charge >= 0.3 is 0 Å². The normalized spacial score (nSPS) is 13.5. The highest BCUT2D eigenvalue weighted by Crippen LogP contribution is 2.24. The van der Waals surface area contributed by atoms with Crippen LogP contribution in [0.25, 0.3) is 0 Å². The molecule has 1 aliphatic carbocycles. The first-order chi connectivity index (χ1) is 11.4. The minimum absolute atomic E-state index is 0.0887. The Balaban J connectivity index is 1.60. The number of nitrogens with one attached hydrogen (secondary N) is 2. The van der Waals surface area contributed by atoms with E-state index in [0.29, 0.717) is 5.69 Å². The predicted octanol–water partition coefficient (Wildman–Crippen LogP) is 2.23. The zero-order chi connectivity index (χ0) is 17.2. The van der Waals surface area contributed by atoms with Crippen molar-refractivity contribution in [2.24, 2.45) is 0 Å². The summed E-state index contributed by atoms with van der Waals surface area (Å²) in [6, 6.07) is 10.1. The number of rotatable bonds is 5. The van der Waals surface area contributed by atoms with Gasteiger partial charge in [0.05, 0.1) is 11.4 Å². The second kappa shape index (κ2) is 6.70. The van der Waals surface area contributed by atoms with Crippen molar-refractivity contribution in [3.05, 3.63) is 59.4 Å². The molecule has 1 amide bonds. The topological polar surface area (TPSA) is 75.3 Å². The van der Waals surface area contributed by atoms with E-state index in [2.05, 4.69) is 10.0 Å². The molecule has 2 N–H and O–H groups in total. The summed E-state index contributed by atoms with van der Waals surface area (Å²) in [5.41, 5.74) is 3.17. The molecule has 0 fully saturated rings. The van der Waals surface area contributed by atoms with Gasteiger partial charge in [0.15, 0.2) is 0 Å². The third kappa shape index (κ3) is 3.80. The van der Waals surface area contributed by atoms with Gasteiger partial charge in [-0.3, -0.25) is 4.79 Å². The van der Waals surface area contributed by atoms with Crippen LogP contribution in [0.1, 0.15) is 17.5 Å². The molecule has 0 saturated heterocycles. The van der Waals surface area contributed by atoms with Crippen molar-refractivity contribution in [2.45, 2.75) is 24.2 Å². The highest BCUT2D eigenvalue weighted by atomic mass is 32.2. The van der Waals surface area contributed by atoms with Crippen molar-refractivity contribution in [2.75, 3.05) is 11.9 Å². The molecule has 0 spiro atoms. The van der Waals surface area contributed by atoms with Crippen LogP contribution in [0.15, 0.2) is 47.4 Å². The molecule has 126 valence electrons. The van der Waals surface area contributed by atoms with E-state index < -0.39 is 28.3 Å². The molecule has 3 rings (SSSR count). The van der Waals surface area contributed by atoms with E-state index in [-0.39, 0.29) is 4.90 Å². The summed E-state index contributed by atoms with van der Waals surface area (Å²) in [7, 11) is -3.85. The summed E-state index contributed by atoms with van der Waals surface area (Å²) in [6.07, 6.45) is 3.17. The molecule has 0 heterocycles. The minimum atomic E-state index is -3.85. The fraction of sp³-hybridized carbons (Fsp3) is 0.235. The Morgan fingerprint density at radius 2 is 1.75 bits per heavy atom. The number of halogens is 1. The Labute approximate surface area is 139 Å². The maximum Gasteiger partial charge on any atom is 0.241 e. The Kier molecular flexibility index (Phi) is 4.64. The van der Waals surface area contributed by atoms with E-state index >= 15 is 0 Å². The molecule has 0 aromatic heterocycles. The number of fused-ring (bicyclic) bond motifs is 1.